The highest BCUT2D eigenvalue weighted by Gasteiger charge is 2.40. The van der Waals surface area contributed by atoms with E-state index in [4.69, 9.17) is 4.74 Å². The van der Waals surface area contributed by atoms with Gasteiger partial charge in [0.1, 0.15) is 5.82 Å². The van der Waals surface area contributed by atoms with Crippen molar-refractivity contribution in [3.63, 3.8) is 0 Å². The highest BCUT2D eigenvalue weighted by Crippen LogP contribution is 2.38. The fourth-order valence-electron chi connectivity index (χ4n) is 5.68. The lowest BCUT2D eigenvalue weighted by atomic mass is 9.78. The number of benzene rings is 2. The van der Waals surface area contributed by atoms with Gasteiger partial charge >= 0.3 is 12.4 Å². The van der Waals surface area contributed by atoms with Crippen LogP contribution in [-0.2, 0) is 33.2 Å². The topological polar surface area (TPSA) is 53.1 Å². The third-order valence-electron chi connectivity index (χ3n) is 7.81. The number of halogens is 7. The van der Waals surface area contributed by atoms with E-state index < -0.39 is 53.6 Å². The van der Waals surface area contributed by atoms with Crippen LogP contribution < -0.4 is 0 Å². The SMILES string of the molecule is Cc1cc(F)ccc1C1CN(CC(=O)N2CCOCC2)CCC1C(=O)N(C)Cc1cc(C(F)(F)F)cc(C(F)(F)F)c1. The third kappa shape index (κ3) is 7.60. The van der Waals surface area contributed by atoms with Gasteiger partial charge in [-0.1, -0.05) is 6.07 Å². The third-order valence-corrected chi connectivity index (χ3v) is 7.81. The van der Waals surface area contributed by atoms with Crippen LogP contribution in [0, 0.1) is 18.7 Å². The Balaban J connectivity index is 1.57. The van der Waals surface area contributed by atoms with Gasteiger partial charge in [0, 0.05) is 45.1 Å². The Hall–Kier alpha value is -3.19. The quantitative estimate of drug-likeness (QED) is 0.432. The Morgan fingerprint density at radius 3 is 2.14 bits per heavy atom. The number of hydrogen-bond donors (Lipinski definition) is 0. The Morgan fingerprint density at radius 2 is 1.57 bits per heavy atom. The van der Waals surface area contributed by atoms with E-state index in [0.29, 0.717) is 56.1 Å². The summed E-state index contributed by atoms with van der Waals surface area (Å²) in [7, 11) is 1.33. The molecule has 230 valence electrons. The van der Waals surface area contributed by atoms with E-state index in [2.05, 4.69) is 0 Å². The Kier molecular flexibility index (Phi) is 9.51. The average molecular weight is 604 g/mol. The number of rotatable bonds is 6. The number of carbonyl (C=O) groups is 2. The number of amides is 2. The van der Waals surface area contributed by atoms with Crippen molar-refractivity contribution in [1.29, 1.82) is 0 Å². The average Bonchev–Trinajstić information content (AvgIpc) is 2.92. The van der Waals surface area contributed by atoms with Crippen LogP contribution in [0.2, 0.25) is 0 Å². The molecule has 2 heterocycles. The standard InChI is InChI=1S/C29H32F7N3O3/c1-18-11-22(30)3-4-23(18)25-16-38(17-26(40)39-7-9-42-10-8-39)6-5-24(25)27(41)37(2)15-19-12-20(28(31,32)33)14-21(13-19)29(34,35)36/h3-4,11-14,24-25H,5-10,15-17H2,1-2H3. The van der Waals surface area contributed by atoms with Gasteiger partial charge in [-0.25, -0.2) is 4.39 Å². The molecule has 2 aromatic rings. The van der Waals surface area contributed by atoms with E-state index in [-0.39, 0.29) is 37.0 Å². The minimum Gasteiger partial charge on any atom is -0.378 e. The Labute approximate surface area is 239 Å². The summed E-state index contributed by atoms with van der Waals surface area (Å²) in [6, 6.07) is 5.45. The summed E-state index contributed by atoms with van der Waals surface area (Å²) >= 11 is 0. The summed E-state index contributed by atoms with van der Waals surface area (Å²) in [5.41, 5.74) is -1.94. The number of likely N-dealkylation sites (tertiary alicyclic amines) is 1. The largest absolute Gasteiger partial charge is 0.416 e. The molecule has 42 heavy (non-hydrogen) atoms. The molecule has 0 radical (unpaired) electrons. The summed E-state index contributed by atoms with van der Waals surface area (Å²) in [5.74, 6) is -2.19. The molecule has 2 aromatic carbocycles. The van der Waals surface area contributed by atoms with Gasteiger partial charge in [0.25, 0.3) is 0 Å². The number of piperidine rings is 1. The highest BCUT2D eigenvalue weighted by molar-refractivity contribution is 5.80. The summed E-state index contributed by atoms with van der Waals surface area (Å²) < 4.78 is 99.4. The van der Waals surface area contributed by atoms with Crippen molar-refractivity contribution in [3.8, 4) is 0 Å². The van der Waals surface area contributed by atoms with Crippen molar-refractivity contribution in [1.82, 2.24) is 14.7 Å². The van der Waals surface area contributed by atoms with Gasteiger partial charge in [-0.3, -0.25) is 14.5 Å². The normalized spacial score (nSPS) is 20.5. The molecule has 2 atom stereocenters. The summed E-state index contributed by atoms with van der Waals surface area (Å²) in [6.07, 6.45) is -9.72. The minimum atomic E-state index is -5.00. The number of morpholine rings is 1. The summed E-state index contributed by atoms with van der Waals surface area (Å²) in [4.78, 5) is 31.3. The molecule has 4 rings (SSSR count). The molecule has 2 aliphatic rings. The van der Waals surface area contributed by atoms with Crippen LogP contribution in [0.5, 0.6) is 0 Å². The Morgan fingerprint density at radius 1 is 0.952 bits per heavy atom. The van der Waals surface area contributed by atoms with Crippen LogP contribution in [0.1, 0.15) is 40.2 Å². The monoisotopic (exact) mass is 603 g/mol. The van der Waals surface area contributed by atoms with Crippen molar-refractivity contribution in [2.45, 2.75) is 38.2 Å². The smallest absolute Gasteiger partial charge is 0.378 e. The zero-order valence-corrected chi connectivity index (χ0v) is 23.2. The zero-order valence-electron chi connectivity index (χ0n) is 23.2. The van der Waals surface area contributed by atoms with Crippen molar-refractivity contribution in [3.05, 3.63) is 70.0 Å². The number of ether oxygens (including phenoxy) is 1. The van der Waals surface area contributed by atoms with E-state index in [9.17, 15) is 40.3 Å². The fraction of sp³-hybridized carbons (Fsp3) is 0.517. The molecule has 13 heteroatoms. The maximum Gasteiger partial charge on any atom is 0.416 e. The van der Waals surface area contributed by atoms with Crippen molar-refractivity contribution >= 4 is 11.8 Å². The first-order valence-corrected chi connectivity index (χ1v) is 13.5. The molecule has 0 aliphatic carbocycles. The molecule has 0 bridgehead atoms. The maximum atomic E-state index is 13.9. The molecule has 0 aromatic heterocycles. The first-order valence-electron chi connectivity index (χ1n) is 13.5. The van der Waals surface area contributed by atoms with E-state index in [1.807, 2.05) is 4.90 Å². The molecule has 0 spiro atoms. The van der Waals surface area contributed by atoms with Crippen molar-refractivity contribution in [2.24, 2.45) is 5.92 Å². The lowest BCUT2D eigenvalue weighted by molar-refractivity contribution is -0.143. The molecule has 2 amide bonds. The number of aryl methyl sites for hydroxylation is 1. The molecule has 2 unspecified atom stereocenters. The molecule has 6 nitrogen and oxygen atoms in total. The van der Waals surface area contributed by atoms with Gasteiger partial charge < -0.3 is 14.5 Å². The summed E-state index contributed by atoms with van der Waals surface area (Å²) in [6.45, 7) is 3.84. The predicted octanol–water partition coefficient (Wildman–Crippen LogP) is 5.09. The van der Waals surface area contributed by atoms with Crippen LogP contribution >= 0.6 is 0 Å². The second kappa shape index (κ2) is 12.6. The van der Waals surface area contributed by atoms with Crippen LogP contribution in [0.4, 0.5) is 30.7 Å². The predicted molar refractivity (Wildman–Crippen MR) is 139 cm³/mol. The van der Waals surface area contributed by atoms with Crippen molar-refractivity contribution in [2.75, 3.05) is 53.0 Å². The van der Waals surface area contributed by atoms with Crippen molar-refractivity contribution < 1.29 is 45.1 Å². The Bertz CT molecular complexity index is 1260. The number of alkyl halides is 6. The van der Waals surface area contributed by atoms with Gasteiger partial charge in [0.15, 0.2) is 0 Å². The maximum absolute atomic E-state index is 13.9. The molecule has 2 aliphatic heterocycles. The van der Waals surface area contributed by atoms with Crippen LogP contribution in [-0.4, -0.2) is 79.5 Å². The first-order chi connectivity index (χ1) is 19.6. The fourth-order valence-corrected chi connectivity index (χ4v) is 5.68. The second-order valence-electron chi connectivity index (χ2n) is 10.8. The van der Waals surface area contributed by atoms with E-state index in [0.717, 1.165) is 4.90 Å². The minimum absolute atomic E-state index is 0.0482. The molecular formula is C29H32F7N3O3. The van der Waals surface area contributed by atoms with E-state index in [1.54, 1.807) is 17.9 Å². The lowest BCUT2D eigenvalue weighted by Crippen LogP contribution is -2.50. The molecule has 0 saturated carbocycles. The molecular weight excluding hydrogens is 571 g/mol. The highest BCUT2D eigenvalue weighted by atomic mass is 19.4. The van der Waals surface area contributed by atoms with Gasteiger partial charge in [-0.15, -0.1) is 0 Å². The van der Waals surface area contributed by atoms with E-state index >= 15 is 0 Å². The van der Waals surface area contributed by atoms with Gasteiger partial charge in [0.05, 0.1) is 30.9 Å². The van der Waals surface area contributed by atoms with Crippen LogP contribution in [0.3, 0.4) is 0 Å². The van der Waals surface area contributed by atoms with Crippen LogP contribution in [0.25, 0.3) is 0 Å². The number of hydrogen-bond acceptors (Lipinski definition) is 4. The summed E-state index contributed by atoms with van der Waals surface area (Å²) in [5, 5.41) is 0. The second-order valence-corrected chi connectivity index (χ2v) is 10.8. The molecule has 2 saturated heterocycles. The lowest BCUT2D eigenvalue weighted by Gasteiger charge is -2.40. The van der Waals surface area contributed by atoms with Gasteiger partial charge in [-0.2, -0.15) is 26.3 Å². The van der Waals surface area contributed by atoms with Gasteiger partial charge in [0.2, 0.25) is 11.8 Å². The number of nitrogens with zero attached hydrogens (tertiary/aromatic N) is 3. The first kappa shape index (κ1) is 31.7. The molecule has 2 fully saturated rings. The molecule has 0 N–H and O–H groups in total. The van der Waals surface area contributed by atoms with Crippen LogP contribution in [0.15, 0.2) is 36.4 Å². The van der Waals surface area contributed by atoms with E-state index in [1.165, 1.54) is 19.2 Å². The van der Waals surface area contributed by atoms with Gasteiger partial charge in [-0.05, 0) is 66.9 Å². The number of carbonyl (C=O) groups excluding carboxylic acids is 2. The zero-order chi connectivity index (χ0) is 30.8.